The Bertz CT molecular complexity index is 954. The van der Waals surface area contributed by atoms with Crippen LogP contribution in [0.3, 0.4) is 0 Å². The summed E-state index contributed by atoms with van der Waals surface area (Å²) >= 11 is 1.55. The lowest BCUT2D eigenvalue weighted by Gasteiger charge is -2.29. The van der Waals surface area contributed by atoms with Crippen LogP contribution in [0, 0.1) is 6.92 Å². The predicted octanol–water partition coefficient (Wildman–Crippen LogP) is 3.35. The molecule has 0 N–H and O–H groups in total. The monoisotopic (exact) mass is 411 g/mol. The van der Waals surface area contributed by atoms with E-state index < -0.39 is 0 Å². The molecule has 7 heteroatoms. The van der Waals surface area contributed by atoms with Gasteiger partial charge in [0.15, 0.2) is 11.7 Å². The van der Waals surface area contributed by atoms with Crippen molar-refractivity contribution in [1.29, 1.82) is 0 Å². The molecule has 0 spiro atoms. The van der Waals surface area contributed by atoms with Gasteiger partial charge in [-0.3, -0.25) is 14.6 Å². The van der Waals surface area contributed by atoms with Crippen LogP contribution in [-0.2, 0) is 9.53 Å². The van der Waals surface area contributed by atoms with Crippen molar-refractivity contribution < 1.29 is 14.3 Å². The third-order valence-corrected chi connectivity index (χ3v) is 5.95. The van der Waals surface area contributed by atoms with Crippen molar-refractivity contribution in [3.05, 3.63) is 54.1 Å². The number of anilines is 1. The minimum atomic E-state index is -0.0853. The van der Waals surface area contributed by atoms with Crippen LogP contribution in [0.5, 0.6) is 5.75 Å². The normalized spacial score (nSPS) is 14.8. The Hall–Kier alpha value is -2.48. The Balaban J connectivity index is 1.51. The number of amides is 1. The van der Waals surface area contributed by atoms with Crippen LogP contribution in [0.25, 0.3) is 10.2 Å². The number of morpholine rings is 1. The first kappa shape index (κ1) is 19.8. The lowest BCUT2D eigenvalue weighted by molar-refractivity contribution is -0.120. The molecule has 1 aliphatic rings. The minimum Gasteiger partial charge on any atom is -0.484 e. The van der Waals surface area contributed by atoms with Crippen molar-refractivity contribution in [2.45, 2.75) is 6.92 Å². The molecule has 2 aromatic carbocycles. The van der Waals surface area contributed by atoms with Crippen molar-refractivity contribution in [3.8, 4) is 5.75 Å². The summed E-state index contributed by atoms with van der Waals surface area (Å²) < 4.78 is 12.2. The summed E-state index contributed by atoms with van der Waals surface area (Å²) in [4.78, 5) is 21.9. The molecular weight excluding hydrogens is 386 g/mol. The van der Waals surface area contributed by atoms with Crippen LogP contribution in [-0.4, -0.2) is 61.8 Å². The van der Waals surface area contributed by atoms with Gasteiger partial charge in [0.05, 0.1) is 23.4 Å². The lowest BCUT2D eigenvalue weighted by Crippen LogP contribution is -2.44. The van der Waals surface area contributed by atoms with Gasteiger partial charge in [-0.2, -0.15) is 0 Å². The second-order valence-corrected chi connectivity index (χ2v) is 8.08. The Labute approximate surface area is 174 Å². The van der Waals surface area contributed by atoms with E-state index in [1.807, 2.05) is 42.5 Å². The molecule has 6 nitrogen and oxygen atoms in total. The van der Waals surface area contributed by atoms with E-state index in [4.69, 9.17) is 14.5 Å². The molecule has 29 heavy (non-hydrogen) atoms. The number of hydrogen-bond donors (Lipinski definition) is 0. The molecule has 0 radical (unpaired) electrons. The van der Waals surface area contributed by atoms with Crippen LogP contribution >= 0.6 is 11.3 Å². The number of para-hydroxylation sites is 1. The number of fused-ring (bicyclic) bond motifs is 1. The van der Waals surface area contributed by atoms with Crippen LogP contribution in [0.2, 0.25) is 0 Å². The highest BCUT2D eigenvalue weighted by molar-refractivity contribution is 7.22. The van der Waals surface area contributed by atoms with E-state index in [0.29, 0.717) is 12.3 Å². The number of aryl methyl sites for hydroxylation is 1. The molecule has 1 aliphatic heterocycles. The average Bonchev–Trinajstić information content (AvgIpc) is 3.16. The molecule has 3 aromatic rings. The van der Waals surface area contributed by atoms with E-state index in [2.05, 4.69) is 17.9 Å². The first-order valence-electron chi connectivity index (χ1n) is 9.84. The Morgan fingerprint density at radius 3 is 2.79 bits per heavy atom. The van der Waals surface area contributed by atoms with Crippen molar-refractivity contribution in [2.24, 2.45) is 0 Å². The molecule has 4 rings (SSSR count). The van der Waals surface area contributed by atoms with E-state index in [1.54, 1.807) is 16.2 Å². The van der Waals surface area contributed by atoms with Gasteiger partial charge in [-0.25, -0.2) is 4.98 Å². The molecule has 0 saturated carbocycles. The van der Waals surface area contributed by atoms with E-state index >= 15 is 0 Å². The van der Waals surface area contributed by atoms with Crippen molar-refractivity contribution in [1.82, 2.24) is 9.88 Å². The molecule has 1 fully saturated rings. The maximum atomic E-state index is 13.1. The number of carbonyl (C=O) groups excluding carboxylic acids is 1. The van der Waals surface area contributed by atoms with Crippen molar-refractivity contribution >= 4 is 32.6 Å². The smallest absolute Gasteiger partial charge is 0.266 e. The summed E-state index contributed by atoms with van der Waals surface area (Å²) in [7, 11) is 0. The molecule has 0 atom stereocenters. The fraction of sp³-hybridized carbons (Fsp3) is 0.364. The standard InChI is InChI=1S/C22H25N3O3S/c1-17-7-8-19-20(15-17)29-22(23-19)25(10-9-24-11-13-27-14-12-24)21(26)16-28-18-5-3-2-4-6-18/h2-8,15H,9-14,16H2,1H3. The third kappa shape index (κ3) is 5.12. The maximum absolute atomic E-state index is 13.1. The largest absolute Gasteiger partial charge is 0.484 e. The van der Waals surface area contributed by atoms with E-state index in [-0.39, 0.29) is 12.5 Å². The molecule has 1 saturated heterocycles. The van der Waals surface area contributed by atoms with Gasteiger partial charge >= 0.3 is 0 Å². The zero-order valence-corrected chi connectivity index (χ0v) is 17.4. The molecule has 1 amide bonds. The fourth-order valence-electron chi connectivity index (χ4n) is 3.27. The topological polar surface area (TPSA) is 54.9 Å². The first-order chi connectivity index (χ1) is 14.2. The summed E-state index contributed by atoms with van der Waals surface area (Å²) in [5.41, 5.74) is 2.11. The van der Waals surface area contributed by atoms with Crippen molar-refractivity contribution in [2.75, 3.05) is 50.9 Å². The summed E-state index contributed by atoms with van der Waals surface area (Å²) in [5, 5.41) is 0.723. The van der Waals surface area contributed by atoms with Gasteiger partial charge in [-0.05, 0) is 36.8 Å². The van der Waals surface area contributed by atoms with Gasteiger partial charge in [0.1, 0.15) is 5.75 Å². The summed E-state index contributed by atoms with van der Waals surface area (Å²) in [6.45, 7) is 6.68. The Morgan fingerprint density at radius 2 is 2.00 bits per heavy atom. The van der Waals surface area contributed by atoms with Crippen LogP contribution in [0.1, 0.15) is 5.56 Å². The van der Waals surface area contributed by atoms with E-state index in [1.165, 1.54) is 5.56 Å². The van der Waals surface area contributed by atoms with Crippen LogP contribution in [0.15, 0.2) is 48.5 Å². The highest BCUT2D eigenvalue weighted by Gasteiger charge is 2.22. The second kappa shape index (κ2) is 9.35. The van der Waals surface area contributed by atoms with Crippen molar-refractivity contribution in [3.63, 3.8) is 0 Å². The van der Waals surface area contributed by atoms with Crippen LogP contribution < -0.4 is 9.64 Å². The molecule has 0 unspecified atom stereocenters. The Kier molecular flexibility index (Phi) is 6.39. The molecule has 2 heterocycles. The number of rotatable bonds is 7. The van der Waals surface area contributed by atoms with Gasteiger partial charge in [0.2, 0.25) is 0 Å². The number of aromatic nitrogens is 1. The summed E-state index contributed by atoms with van der Waals surface area (Å²) in [6, 6.07) is 15.6. The van der Waals surface area contributed by atoms with Gasteiger partial charge in [0.25, 0.3) is 5.91 Å². The number of nitrogens with zero attached hydrogens (tertiary/aromatic N) is 3. The second-order valence-electron chi connectivity index (χ2n) is 7.07. The van der Waals surface area contributed by atoms with Gasteiger partial charge in [-0.1, -0.05) is 35.6 Å². The summed E-state index contributed by atoms with van der Waals surface area (Å²) in [5.74, 6) is 0.604. The van der Waals surface area contributed by atoms with E-state index in [9.17, 15) is 4.79 Å². The van der Waals surface area contributed by atoms with Gasteiger partial charge < -0.3 is 9.47 Å². The SMILES string of the molecule is Cc1ccc2nc(N(CCN3CCOCC3)C(=O)COc3ccccc3)sc2c1. The average molecular weight is 412 g/mol. The molecule has 1 aromatic heterocycles. The molecular formula is C22H25N3O3S. The fourth-order valence-corrected chi connectivity index (χ4v) is 4.38. The predicted molar refractivity (Wildman–Crippen MR) is 116 cm³/mol. The number of carbonyl (C=O) groups is 1. The zero-order chi connectivity index (χ0) is 20.1. The quantitative estimate of drug-likeness (QED) is 0.597. The van der Waals surface area contributed by atoms with Crippen LogP contribution in [0.4, 0.5) is 5.13 Å². The van der Waals surface area contributed by atoms with E-state index in [0.717, 1.165) is 48.2 Å². The maximum Gasteiger partial charge on any atom is 0.266 e. The molecule has 152 valence electrons. The highest BCUT2D eigenvalue weighted by atomic mass is 32.1. The third-order valence-electron chi connectivity index (χ3n) is 4.91. The molecule has 0 bridgehead atoms. The molecule has 0 aliphatic carbocycles. The van der Waals surface area contributed by atoms with Gasteiger partial charge in [0, 0.05) is 26.2 Å². The number of thiazole rings is 1. The number of benzene rings is 2. The first-order valence-corrected chi connectivity index (χ1v) is 10.7. The Morgan fingerprint density at radius 1 is 1.21 bits per heavy atom. The minimum absolute atomic E-state index is 0.0118. The number of hydrogen-bond acceptors (Lipinski definition) is 6. The lowest BCUT2D eigenvalue weighted by atomic mass is 10.2. The summed E-state index contributed by atoms with van der Waals surface area (Å²) in [6.07, 6.45) is 0. The van der Waals surface area contributed by atoms with Gasteiger partial charge in [-0.15, -0.1) is 0 Å². The highest BCUT2D eigenvalue weighted by Crippen LogP contribution is 2.29. The number of ether oxygens (including phenoxy) is 2. The zero-order valence-electron chi connectivity index (χ0n) is 16.5.